The summed E-state index contributed by atoms with van der Waals surface area (Å²) in [5.74, 6) is 0.836. The Balaban J connectivity index is 1.62. The molecule has 0 heterocycles. The van der Waals surface area contributed by atoms with Crippen molar-refractivity contribution in [3.05, 3.63) is 28.7 Å². The normalized spacial score (nSPS) is 23.9. The number of ether oxygens (including phenoxy) is 1. The molecule has 18 heavy (non-hydrogen) atoms. The van der Waals surface area contributed by atoms with Crippen LogP contribution in [0.1, 0.15) is 32.6 Å². The molecule has 0 spiro atoms. The average molecular weight is 312 g/mol. The summed E-state index contributed by atoms with van der Waals surface area (Å²) >= 11 is 3.43. The highest BCUT2D eigenvalue weighted by atomic mass is 79.9. The molecule has 0 bridgehead atoms. The predicted octanol–water partition coefficient (Wildman–Crippen LogP) is 4.46. The molecule has 1 N–H and O–H groups in total. The number of hydrogen-bond acceptors (Lipinski definition) is 2. The van der Waals surface area contributed by atoms with Crippen molar-refractivity contribution in [2.24, 2.45) is 5.92 Å². The maximum Gasteiger partial charge on any atom is 0.0642 e. The quantitative estimate of drug-likeness (QED) is 0.811. The summed E-state index contributed by atoms with van der Waals surface area (Å²) in [6.07, 6.45) is 5.66. The Morgan fingerprint density at radius 3 is 2.78 bits per heavy atom. The molecule has 2 atom stereocenters. The standard InChI is InChI=1S/C15H22BrNO/c1-12-3-2-4-15(11-12)18-10-9-17-14-7-5-13(16)6-8-14/h5-8,12,15,17H,2-4,9-11H2,1H3. The molecular formula is C15H22BrNO. The second-order valence-electron chi connectivity index (χ2n) is 5.20. The second kappa shape index (κ2) is 7.15. The SMILES string of the molecule is CC1CCCC(OCCNc2ccc(Br)cc2)C1. The van der Waals surface area contributed by atoms with Crippen LogP contribution in [0.15, 0.2) is 28.7 Å². The number of anilines is 1. The molecule has 1 saturated carbocycles. The molecule has 1 aromatic rings. The van der Waals surface area contributed by atoms with Crippen molar-refractivity contribution < 1.29 is 4.74 Å². The minimum absolute atomic E-state index is 0.487. The van der Waals surface area contributed by atoms with Crippen LogP contribution in [0.3, 0.4) is 0 Å². The molecule has 3 heteroatoms. The molecule has 0 aromatic heterocycles. The van der Waals surface area contributed by atoms with Gasteiger partial charge in [-0.2, -0.15) is 0 Å². The number of hydrogen-bond donors (Lipinski definition) is 1. The second-order valence-corrected chi connectivity index (χ2v) is 6.11. The van der Waals surface area contributed by atoms with Crippen LogP contribution >= 0.6 is 15.9 Å². The third kappa shape index (κ3) is 4.62. The van der Waals surface area contributed by atoms with E-state index in [4.69, 9.17) is 4.74 Å². The molecule has 2 rings (SSSR count). The van der Waals surface area contributed by atoms with Gasteiger partial charge in [-0.1, -0.05) is 35.7 Å². The summed E-state index contributed by atoms with van der Waals surface area (Å²) in [6.45, 7) is 4.01. The Kier molecular flexibility index (Phi) is 5.51. The minimum atomic E-state index is 0.487. The Bertz CT molecular complexity index is 352. The molecule has 0 amide bonds. The van der Waals surface area contributed by atoms with Gasteiger partial charge in [-0.3, -0.25) is 0 Å². The van der Waals surface area contributed by atoms with E-state index < -0.39 is 0 Å². The summed E-state index contributed by atoms with van der Waals surface area (Å²) in [6, 6.07) is 8.25. The van der Waals surface area contributed by atoms with Gasteiger partial charge in [0, 0.05) is 16.7 Å². The van der Waals surface area contributed by atoms with Crippen LogP contribution in [0, 0.1) is 5.92 Å². The molecule has 1 aromatic carbocycles. The molecule has 0 saturated heterocycles. The predicted molar refractivity (Wildman–Crippen MR) is 80.0 cm³/mol. The lowest BCUT2D eigenvalue weighted by molar-refractivity contribution is 0.0213. The van der Waals surface area contributed by atoms with Crippen molar-refractivity contribution >= 4 is 21.6 Å². The van der Waals surface area contributed by atoms with E-state index in [2.05, 4.69) is 40.3 Å². The topological polar surface area (TPSA) is 21.3 Å². The first kappa shape index (κ1) is 13.9. The highest BCUT2D eigenvalue weighted by molar-refractivity contribution is 9.10. The van der Waals surface area contributed by atoms with Gasteiger partial charge in [-0.25, -0.2) is 0 Å². The van der Waals surface area contributed by atoms with E-state index in [-0.39, 0.29) is 0 Å². The first-order valence-electron chi connectivity index (χ1n) is 6.85. The minimum Gasteiger partial charge on any atom is -0.383 e. The maximum absolute atomic E-state index is 5.93. The van der Waals surface area contributed by atoms with E-state index in [0.29, 0.717) is 6.10 Å². The maximum atomic E-state index is 5.93. The molecule has 1 fully saturated rings. The Morgan fingerprint density at radius 1 is 1.28 bits per heavy atom. The summed E-state index contributed by atoms with van der Waals surface area (Å²) in [5.41, 5.74) is 1.15. The number of benzene rings is 1. The first-order valence-corrected chi connectivity index (χ1v) is 7.64. The van der Waals surface area contributed by atoms with Gasteiger partial charge >= 0.3 is 0 Å². The Hall–Kier alpha value is -0.540. The van der Waals surface area contributed by atoms with E-state index >= 15 is 0 Å². The summed E-state index contributed by atoms with van der Waals surface area (Å²) in [4.78, 5) is 0. The van der Waals surface area contributed by atoms with E-state index in [0.717, 1.165) is 29.2 Å². The van der Waals surface area contributed by atoms with E-state index in [9.17, 15) is 0 Å². The van der Waals surface area contributed by atoms with E-state index in [1.807, 2.05) is 12.1 Å². The highest BCUT2D eigenvalue weighted by Gasteiger charge is 2.18. The van der Waals surface area contributed by atoms with Crippen molar-refractivity contribution in [2.45, 2.75) is 38.7 Å². The average Bonchev–Trinajstić information content (AvgIpc) is 2.37. The highest BCUT2D eigenvalue weighted by Crippen LogP contribution is 2.25. The molecular weight excluding hydrogens is 290 g/mol. The van der Waals surface area contributed by atoms with Gasteiger partial charge in [0.25, 0.3) is 0 Å². The van der Waals surface area contributed by atoms with E-state index in [1.165, 1.54) is 25.7 Å². The number of nitrogens with one attached hydrogen (secondary N) is 1. The summed E-state index contributed by atoms with van der Waals surface area (Å²) < 4.78 is 7.04. The molecule has 2 unspecified atom stereocenters. The molecule has 2 nitrogen and oxygen atoms in total. The first-order chi connectivity index (χ1) is 8.74. The molecule has 0 radical (unpaired) electrons. The zero-order chi connectivity index (χ0) is 12.8. The lowest BCUT2D eigenvalue weighted by atomic mass is 9.89. The van der Waals surface area contributed by atoms with Crippen molar-refractivity contribution in [3.63, 3.8) is 0 Å². The molecule has 100 valence electrons. The van der Waals surface area contributed by atoms with Crippen molar-refractivity contribution in [2.75, 3.05) is 18.5 Å². The van der Waals surface area contributed by atoms with E-state index in [1.54, 1.807) is 0 Å². The van der Waals surface area contributed by atoms with Crippen LogP contribution in [0.4, 0.5) is 5.69 Å². The van der Waals surface area contributed by atoms with Crippen molar-refractivity contribution in [1.29, 1.82) is 0 Å². The largest absolute Gasteiger partial charge is 0.383 e. The third-order valence-corrected chi connectivity index (χ3v) is 4.05. The molecule has 1 aliphatic carbocycles. The summed E-state index contributed by atoms with van der Waals surface area (Å²) in [5, 5.41) is 3.38. The van der Waals surface area contributed by atoms with Crippen LogP contribution in [-0.4, -0.2) is 19.3 Å². The smallest absolute Gasteiger partial charge is 0.0642 e. The van der Waals surface area contributed by atoms with Crippen molar-refractivity contribution in [1.82, 2.24) is 0 Å². The lowest BCUT2D eigenvalue weighted by Crippen LogP contribution is -2.24. The zero-order valence-electron chi connectivity index (χ0n) is 11.0. The third-order valence-electron chi connectivity index (χ3n) is 3.52. The Labute approximate surface area is 118 Å². The number of halogens is 1. The van der Waals surface area contributed by atoms with Crippen LogP contribution in [0.25, 0.3) is 0 Å². The van der Waals surface area contributed by atoms with Crippen molar-refractivity contribution in [3.8, 4) is 0 Å². The van der Waals surface area contributed by atoms with Crippen LogP contribution < -0.4 is 5.32 Å². The zero-order valence-corrected chi connectivity index (χ0v) is 12.6. The fourth-order valence-corrected chi connectivity index (χ4v) is 2.78. The van der Waals surface area contributed by atoms with Crippen LogP contribution in [0.2, 0.25) is 0 Å². The van der Waals surface area contributed by atoms with Gasteiger partial charge in [0.1, 0.15) is 0 Å². The molecule has 1 aliphatic rings. The van der Waals surface area contributed by atoms with Crippen LogP contribution in [0.5, 0.6) is 0 Å². The monoisotopic (exact) mass is 311 g/mol. The molecule has 0 aliphatic heterocycles. The fourth-order valence-electron chi connectivity index (χ4n) is 2.52. The lowest BCUT2D eigenvalue weighted by Gasteiger charge is -2.26. The summed E-state index contributed by atoms with van der Waals surface area (Å²) in [7, 11) is 0. The Morgan fingerprint density at radius 2 is 2.06 bits per heavy atom. The van der Waals surface area contributed by atoms with Gasteiger partial charge < -0.3 is 10.1 Å². The van der Waals surface area contributed by atoms with Crippen LogP contribution in [-0.2, 0) is 4.74 Å². The van der Waals surface area contributed by atoms with Gasteiger partial charge in [0.05, 0.1) is 12.7 Å². The van der Waals surface area contributed by atoms with Gasteiger partial charge in [-0.05, 0) is 43.0 Å². The van der Waals surface area contributed by atoms with Gasteiger partial charge in [-0.15, -0.1) is 0 Å². The number of rotatable bonds is 5. The van der Waals surface area contributed by atoms with Gasteiger partial charge in [0.2, 0.25) is 0 Å². The fraction of sp³-hybridized carbons (Fsp3) is 0.600. The van der Waals surface area contributed by atoms with Gasteiger partial charge in [0.15, 0.2) is 0 Å².